The van der Waals surface area contributed by atoms with Crippen molar-refractivity contribution in [1.82, 2.24) is 5.43 Å². The van der Waals surface area contributed by atoms with Crippen molar-refractivity contribution >= 4 is 12.1 Å². The molecule has 1 amide bonds. The minimum absolute atomic E-state index is 0.147. The van der Waals surface area contributed by atoms with Gasteiger partial charge in [0.1, 0.15) is 0 Å². The third kappa shape index (κ3) is 2.60. The lowest BCUT2D eigenvalue weighted by Gasteiger charge is -2.20. The third-order valence-corrected chi connectivity index (χ3v) is 5.21. The van der Waals surface area contributed by atoms with Crippen molar-refractivity contribution in [3.8, 4) is 0 Å². The van der Waals surface area contributed by atoms with Crippen LogP contribution < -0.4 is 5.43 Å². The fourth-order valence-corrected chi connectivity index (χ4v) is 4.13. The van der Waals surface area contributed by atoms with E-state index >= 15 is 0 Å². The average Bonchev–Trinajstić information content (AvgIpc) is 3.02. The van der Waals surface area contributed by atoms with Crippen molar-refractivity contribution in [2.45, 2.75) is 57.8 Å². The van der Waals surface area contributed by atoms with E-state index in [2.05, 4.69) is 10.5 Å². The Morgan fingerprint density at radius 3 is 2.56 bits per heavy atom. The Morgan fingerprint density at radius 1 is 1.06 bits per heavy atom. The largest absolute Gasteiger partial charge is 0.273 e. The van der Waals surface area contributed by atoms with Crippen LogP contribution in [0, 0.1) is 23.7 Å². The lowest BCUT2D eigenvalue weighted by Crippen LogP contribution is -2.29. The predicted octanol–water partition coefficient (Wildman–Crippen LogP) is 3.10. The smallest absolute Gasteiger partial charge is 0.243 e. The number of carbonyl (C=O) groups is 1. The molecule has 18 heavy (non-hydrogen) atoms. The van der Waals surface area contributed by atoms with Crippen LogP contribution in [0.15, 0.2) is 5.10 Å². The summed E-state index contributed by atoms with van der Waals surface area (Å²) in [5.74, 6) is 2.80. The van der Waals surface area contributed by atoms with Crippen molar-refractivity contribution in [3.63, 3.8) is 0 Å². The fourth-order valence-electron chi connectivity index (χ4n) is 4.13. The maximum atomic E-state index is 11.9. The lowest BCUT2D eigenvalue weighted by atomic mass is 9.89. The van der Waals surface area contributed by atoms with Crippen LogP contribution in [0.3, 0.4) is 0 Å². The summed E-state index contributed by atoms with van der Waals surface area (Å²) in [6.45, 7) is 0. The second-order valence-corrected chi connectivity index (χ2v) is 6.43. The maximum absolute atomic E-state index is 11.9. The zero-order valence-electron chi connectivity index (χ0n) is 11.1. The van der Waals surface area contributed by atoms with Crippen molar-refractivity contribution in [2.75, 3.05) is 0 Å². The molecule has 3 aliphatic rings. The molecule has 3 rings (SSSR count). The van der Waals surface area contributed by atoms with Gasteiger partial charge in [0.2, 0.25) is 5.91 Å². The first kappa shape index (κ1) is 12.2. The van der Waals surface area contributed by atoms with E-state index in [4.69, 9.17) is 0 Å². The molecule has 3 heteroatoms. The van der Waals surface area contributed by atoms with Crippen LogP contribution in [-0.2, 0) is 4.79 Å². The molecule has 2 bridgehead atoms. The van der Waals surface area contributed by atoms with Crippen molar-refractivity contribution < 1.29 is 4.79 Å². The summed E-state index contributed by atoms with van der Waals surface area (Å²) >= 11 is 0. The van der Waals surface area contributed by atoms with Gasteiger partial charge in [-0.15, -0.1) is 0 Å². The summed E-state index contributed by atoms with van der Waals surface area (Å²) in [6, 6.07) is 0. The molecule has 0 radical (unpaired) electrons. The Hall–Kier alpha value is -0.860. The number of hydrogen-bond donors (Lipinski definition) is 1. The standard InChI is InChI=1S/C15H24N2O/c18-15(12-4-2-1-3-5-12)17-16-10-14-9-11-6-7-13(14)8-11/h10-14H,1-9H2,(H,17,18)/b16-10-/t11-,13+,14+/m1/s1. The van der Waals surface area contributed by atoms with Gasteiger partial charge in [-0.05, 0) is 49.9 Å². The summed E-state index contributed by atoms with van der Waals surface area (Å²) in [6.07, 6.45) is 13.3. The molecule has 0 unspecified atom stereocenters. The molecule has 100 valence electrons. The Bertz CT molecular complexity index is 333. The Kier molecular flexibility index (Phi) is 3.67. The normalized spacial score (nSPS) is 36.3. The van der Waals surface area contributed by atoms with E-state index in [1.165, 1.54) is 44.9 Å². The van der Waals surface area contributed by atoms with E-state index < -0.39 is 0 Å². The summed E-state index contributed by atoms with van der Waals surface area (Å²) in [4.78, 5) is 11.9. The first-order chi connectivity index (χ1) is 8.83. The third-order valence-electron chi connectivity index (χ3n) is 5.21. The molecule has 3 nitrogen and oxygen atoms in total. The number of hydrazone groups is 1. The maximum Gasteiger partial charge on any atom is 0.243 e. The molecule has 0 spiro atoms. The number of nitrogens with zero attached hydrogens (tertiary/aromatic N) is 1. The minimum atomic E-state index is 0.147. The summed E-state index contributed by atoms with van der Waals surface area (Å²) in [5, 5.41) is 4.22. The van der Waals surface area contributed by atoms with Gasteiger partial charge in [-0.3, -0.25) is 4.79 Å². The number of carbonyl (C=O) groups excluding carboxylic acids is 1. The van der Waals surface area contributed by atoms with E-state index in [0.29, 0.717) is 5.92 Å². The molecule has 0 heterocycles. The van der Waals surface area contributed by atoms with Crippen LogP contribution in [0.5, 0.6) is 0 Å². The van der Waals surface area contributed by atoms with E-state index in [0.717, 1.165) is 24.7 Å². The molecular formula is C15H24N2O. The Labute approximate surface area is 109 Å². The molecule has 3 saturated carbocycles. The summed E-state index contributed by atoms with van der Waals surface area (Å²) in [5.41, 5.74) is 2.77. The summed E-state index contributed by atoms with van der Waals surface area (Å²) < 4.78 is 0. The van der Waals surface area contributed by atoms with Crippen LogP contribution in [0.2, 0.25) is 0 Å². The molecule has 0 aromatic carbocycles. The van der Waals surface area contributed by atoms with E-state index in [9.17, 15) is 4.79 Å². The number of amides is 1. The second kappa shape index (κ2) is 5.41. The molecule has 3 fully saturated rings. The van der Waals surface area contributed by atoms with Gasteiger partial charge in [0.25, 0.3) is 0 Å². The highest BCUT2D eigenvalue weighted by Gasteiger charge is 2.38. The minimum Gasteiger partial charge on any atom is -0.273 e. The van der Waals surface area contributed by atoms with Gasteiger partial charge >= 0.3 is 0 Å². The van der Waals surface area contributed by atoms with Gasteiger partial charge < -0.3 is 0 Å². The van der Waals surface area contributed by atoms with Crippen molar-refractivity contribution in [3.05, 3.63) is 0 Å². The van der Waals surface area contributed by atoms with Gasteiger partial charge in [-0.1, -0.05) is 25.7 Å². The van der Waals surface area contributed by atoms with Gasteiger partial charge in [0.05, 0.1) is 0 Å². The van der Waals surface area contributed by atoms with E-state index in [1.54, 1.807) is 0 Å². The summed E-state index contributed by atoms with van der Waals surface area (Å²) in [7, 11) is 0. The zero-order valence-corrected chi connectivity index (χ0v) is 11.1. The molecule has 1 N–H and O–H groups in total. The lowest BCUT2D eigenvalue weighted by molar-refractivity contribution is -0.125. The molecule has 0 aliphatic heterocycles. The van der Waals surface area contributed by atoms with Gasteiger partial charge in [0.15, 0.2) is 0 Å². The van der Waals surface area contributed by atoms with E-state index in [1.807, 2.05) is 6.21 Å². The first-order valence-corrected chi connectivity index (χ1v) is 7.66. The molecule has 0 aromatic rings. The van der Waals surface area contributed by atoms with Crippen LogP contribution in [-0.4, -0.2) is 12.1 Å². The van der Waals surface area contributed by atoms with Crippen LogP contribution in [0.1, 0.15) is 57.8 Å². The molecule has 0 aromatic heterocycles. The fraction of sp³-hybridized carbons (Fsp3) is 0.867. The van der Waals surface area contributed by atoms with Crippen LogP contribution in [0.25, 0.3) is 0 Å². The second-order valence-electron chi connectivity index (χ2n) is 6.43. The number of fused-ring (bicyclic) bond motifs is 2. The van der Waals surface area contributed by atoms with Crippen molar-refractivity contribution in [2.24, 2.45) is 28.8 Å². The van der Waals surface area contributed by atoms with Gasteiger partial charge in [-0.25, -0.2) is 5.43 Å². The highest BCUT2D eigenvalue weighted by molar-refractivity contribution is 5.79. The van der Waals surface area contributed by atoms with E-state index in [-0.39, 0.29) is 11.8 Å². The Morgan fingerprint density at radius 2 is 1.89 bits per heavy atom. The van der Waals surface area contributed by atoms with Crippen molar-refractivity contribution in [1.29, 1.82) is 0 Å². The zero-order chi connectivity index (χ0) is 12.4. The predicted molar refractivity (Wildman–Crippen MR) is 72.1 cm³/mol. The van der Waals surface area contributed by atoms with Crippen LogP contribution in [0.4, 0.5) is 0 Å². The molecule has 3 atom stereocenters. The quantitative estimate of drug-likeness (QED) is 0.605. The topological polar surface area (TPSA) is 41.5 Å². The SMILES string of the molecule is O=C(N/N=C\[C@@H]1C[C@@H]2CC[C@H]1C2)C1CCCCC1. The van der Waals surface area contributed by atoms with Gasteiger partial charge in [-0.2, -0.15) is 5.10 Å². The van der Waals surface area contributed by atoms with Gasteiger partial charge in [0, 0.05) is 12.1 Å². The average molecular weight is 248 g/mol. The number of nitrogens with one attached hydrogen (secondary N) is 1. The van der Waals surface area contributed by atoms with Crippen LogP contribution >= 0.6 is 0 Å². The first-order valence-electron chi connectivity index (χ1n) is 7.66. The highest BCUT2D eigenvalue weighted by Crippen LogP contribution is 2.47. The highest BCUT2D eigenvalue weighted by atomic mass is 16.2. The molecule has 0 saturated heterocycles. The number of rotatable bonds is 3. The Balaban J connectivity index is 1.44. The molecule has 3 aliphatic carbocycles. The monoisotopic (exact) mass is 248 g/mol. The number of hydrogen-bond acceptors (Lipinski definition) is 2. The molecular weight excluding hydrogens is 224 g/mol.